The molecule has 0 radical (unpaired) electrons. The molecule has 0 aliphatic carbocycles. The molecule has 0 aliphatic rings. The number of rotatable bonds is 7. The number of sulfonamides is 2. The monoisotopic (exact) mass is 572 g/mol. The van der Waals surface area contributed by atoms with E-state index in [1.165, 1.54) is 0 Å². The fourth-order valence-electron chi connectivity index (χ4n) is 4.28. The standard InChI is InChI=1S/C28H24N6O4S2/c1-17-3-9-21(10-4-17)39(35,36)33-27-29-23-13-7-19(15-25(23)31-27)20-8-14-24-26(16-20)32-28(30-24)34-40(37,38)22-11-5-18(2)6-12-22/h3-16H,1-2H3,(H2,29,31,33)(H2,30,32,34). The van der Waals surface area contributed by atoms with Crippen molar-refractivity contribution in [1.82, 2.24) is 19.9 Å². The van der Waals surface area contributed by atoms with Gasteiger partial charge in [0.15, 0.2) is 0 Å². The highest BCUT2D eigenvalue weighted by Gasteiger charge is 2.18. The number of imidazole rings is 2. The molecule has 4 aromatic carbocycles. The number of nitrogens with zero attached hydrogens (tertiary/aromatic N) is 2. The van der Waals surface area contributed by atoms with Gasteiger partial charge in [0.05, 0.1) is 31.9 Å². The highest BCUT2D eigenvalue weighted by Crippen LogP contribution is 2.28. The van der Waals surface area contributed by atoms with Crippen LogP contribution in [-0.2, 0) is 20.0 Å². The second-order valence-electron chi connectivity index (χ2n) is 9.47. The molecule has 10 nitrogen and oxygen atoms in total. The summed E-state index contributed by atoms with van der Waals surface area (Å²) in [6.07, 6.45) is 0. The molecule has 0 fully saturated rings. The largest absolute Gasteiger partial charge is 0.323 e. The lowest BCUT2D eigenvalue weighted by molar-refractivity contribution is 0.599. The van der Waals surface area contributed by atoms with Gasteiger partial charge in [-0.2, -0.15) is 0 Å². The van der Waals surface area contributed by atoms with Crippen LogP contribution in [0, 0.1) is 13.8 Å². The fourth-order valence-corrected chi connectivity index (χ4v) is 6.21. The predicted octanol–water partition coefficient (Wildman–Crippen LogP) is 5.32. The number of anilines is 2. The highest BCUT2D eigenvalue weighted by atomic mass is 32.2. The van der Waals surface area contributed by atoms with Crippen LogP contribution in [0.4, 0.5) is 11.9 Å². The van der Waals surface area contributed by atoms with Gasteiger partial charge in [-0.05, 0) is 73.5 Å². The van der Waals surface area contributed by atoms with Gasteiger partial charge in [0.1, 0.15) is 0 Å². The summed E-state index contributed by atoms with van der Waals surface area (Å²) < 4.78 is 56.0. The van der Waals surface area contributed by atoms with Crippen LogP contribution in [0.2, 0.25) is 0 Å². The molecule has 4 N–H and O–H groups in total. The molecule has 0 unspecified atom stereocenters. The Morgan fingerprint density at radius 1 is 0.550 bits per heavy atom. The van der Waals surface area contributed by atoms with Crippen molar-refractivity contribution in [3.63, 3.8) is 0 Å². The summed E-state index contributed by atoms with van der Waals surface area (Å²) in [4.78, 5) is 15.1. The van der Waals surface area contributed by atoms with E-state index in [4.69, 9.17) is 0 Å². The molecular formula is C28H24N6O4S2. The Morgan fingerprint density at radius 3 is 1.30 bits per heavy atom. The summed E-state index contributed by atoms with van der Waals surface area (Å²) >= 11 is 0. The molecule has 0 atom stereocenters. The first-order chi connectivity index (χ1) is 19.1. The Morgan fingerprint density at radius 2 is 0.925 bits per heavy atom. The molecule has 202 valence electrons. The number of aryl methyl sites for hydroxylation is 2. The minimum atomic E-state index is -3.80. The van der Waals surface area contributed by atoms with Crippen LogP contribution in [-0.4, -0.2) is 36.8 Å². The average Bonchev–Trinajstić information content (AvgIpc) is 3.49. The summed E-state index contributed by atoms with van der Waals surface area (Å²) in [5.41, 5.74) is 6.11. The van der Waals surface area contributed by atoms with Crippen molar-refractivity contribution < 1.29 is 16.8 Å². The van der Waals surface area contributed by atoms with Crippen molar-refractivity contribution in [2.75, 3.05) is 9.44 Å². The van der Waals surface area contributed by atoms with E-state index < -0.39 is 20.0 Å². The van der Waals surface area contributed by atoms with Crippen molar-refractivity contribution in [3.05, 3.63) is 96.1 Å². The molecule has 6 aromatic rings. The second-order valence-corrected chi connectivity index (χ2v) is 12.8. The molecule has 40 heavy (non-hydrogen) atoms. The van der Waals surface area contributed by atoms with E-state index >= 15 is 0 Å². The number of hydrogen-bond donors (Lipinski definition) is 4. The smallest absolute Gasteiger partial charge is 0.264 e. The van der Waals surface area contributed by atoms with Gasteiger partial charge in [-0.3, -0.25) is 0 Å². The second kappa shape index (κ2) is 9.50. The molecule has 0 aliphatic heterocycles. The van der Waals surface area contributed by atoms with E-state index in [0.717, 1.165) is 22.3 Å². The van der Waals surface area contributed by atoms with Crippen LogP contribution in [0.1, 0.15) is 11.1 Å². The van der Waals surface area contributed by atoms with Crippen molar-refractivity contribution in [2.24, 2.45) is 0 Å². The van der Waals surface area contributed by atoms with Gasteiger partial charge in [-0.1, -0.05) is 47.5 Å². The molecule has 0 bridgehead atoms. The Labute approximate surface area is 230 Å². The SMILES string of the molecule is Cc1ccc(S(=O)(=O)Nc2nc3ccc(-c4ccc5nc(NS(=O)(=O)c6ccc(C)cc6)[nH]c5c4)cc3[nH]2)cc1. The van der Waals surface area contributed by atoms with Crippen LogP contribution < -0.4 is 9.44 Å². The number of hydrogen-bond acceptors (Lipinski definition) is 6. The minimum absolute atomic E-state index is 0.113. The number of nitrogens with one attached hydrogen (secondary N) is 4. The molecule has 0 spiro atoms. The Bertz CT molecular complexity index is 1950. The van der Waals surface area contributed by atoms with Gasteiger partial charge in [0, 0.05) is 0 Å². The van der Waals surface area contributed by atoms with Gasteiger partial charge in [-0.15, -0.1) is 0 Å². The first-order valence-electron chi connectivity index (χ1n) is 12.2. The van der Waals surface area contributed by atoms with Gasteiger partial charge in [0.25, 0.3) is 20.0 Å². The predicted molar refractivity (Wildman–Crippen MR) is 155 cm³/mol. The lowest BCUT2D eigenvalue weighted by Gasteiger charge is -2.05. The van der Waals surface area contributed by atoms with E-state index in [1.54, 1.807) is 60.7 Å². The number of benzene rings is 4. The number of H-pyrrole nitrogens is 2. The van der Waals surface area contributed by atoms with Crippen LogP contribution in [0.5, 0.6) is 0 Å². The summed E-state index contributed by atoms with van der Waals surface area (Å²) in [5, 5.41) is 0. The summed E-state index contributed by atoms with van der Waals surface area (Å²) in [7, 11) is -7.60. The number of aromatic nitrogens is 4. The van der Waals surface area contributed by atoms with Crippen LogP contribution >= 0.6 is 0 Å². The third kappa shape index (κ3) is 5.01. The van der Waals surface area contributed by atoms with Gasteiger partial charge in [-0.25, -0.2) is 36.2 Å². The normalized spacial score (nSPS) is 12.2. The van der Waals surface area contributed by atoms with Crippen LogP contribution in [0.25, 0.3) is 33.2 Å². The number of fused-ring (bicyclic) bond motifs is 2. The molecule has 2 heterocycles. The van der Waals surface area contributed by atoms with E-state index in [-0.39, 0.29) is 21.7 Å². The Balaban J connectivity index is 1.25. The van der Waals surface area contributed by atoms with Gasteiger partial charge in [0.2, 0.25) is 11.9 Å². The molecule has 2 aromatic heterocycles. The lowest BCUT2D eigenvalue weighted by atomic mass is 10.0. The molecule has 0 saturated carbocycles. The topological polar surface area (TPSA) is 150 Å². The van der Waals surface area contributed by atoms with E-state index in [0.29, 0.717) is 22.1 Å². The first-order valence-corrected chi connectivity index (χ1v) is 15.2. The Kier molecular flexibility index (Phi) is 6.08. The van der Waals surface area contributed by atoms with E-state index in [1.807, 2.05) is 38.1 Å². The van der Waals surface area contributed by atoms with E-state index in [9.17, 15) is 16.8 Å². The maximum Gasteiger partial charge on any atom is 0.264 e. The molecule has 0 amide bonds. The van der Waals surface area contributed by atoms with Gasteiger partial charge < -0.3 is 9.97 Å². The van der Waals surface area contributed by atoms with Crippen molar-refractivity contribution in [3.8, 4) is 11.1 Å². The minimum Gasteiger partial charge on any atom is -0.323 e. The maximum atomic E-state index is 12.8. The third-order valence-electron chi connectivity index (χ3n) is 6.42. The summed E-state index contributed by atoms with van der Waals surface area (Å²) in [6, 6.07) is 24.2. The van der Waals surface area contributed by atoms with Crippen molar-refractivity contribution in [1.29, 1.82) is 0 Å². The van der Waals surface area contributed by atoms with Crippen LogP contribution in [0.3, 0.4) is 0 Å². The third-order valence-corrected chi connectivity index (χ3v) is 9.13. The maximum absolute atomic E-state index is 12.8. The van der Waals surface area contributed by atoms with Gasteiger partial charge >= 0.3 is 0 Å². The average molecular weight is 573 g/mol. The van der Waals surface area contributed by atoms with Crippen molar-refractivity contribution >= 4 is 54.0 Å². The highest BCUT2D eigenvalue weighted by molar-refractivity contribution is 7.93. The fraction of sp³-hybridized carbons (Fsp3) is 0.0714. The first kappa shape index (κ1) is 25.6. The zero-order valence-corrected chi connectivity index (χ0v) is 23.1. The quantitative estimate of drug-likeness (QED) is 0.203. The Hall–Kier alpha value is -4.68. The summed E-state index contributed by atoms with van der Waals surface area (Å²) in [6.45, 7) is 3.77. The van der Waals surface area contributed by atoms with E-state index in [2.05, 4.69) is 29.4 Å². The number of aromatic amines is 2. The lowest BCUT2D eigenvalue weighted by Crippen LogP contribution is -2.13. The molecule has 12 heteroatoms. The molecule has 0 saturated heterocycles. The zero-order valence-electron chi connectivity index (χ0n) is 21.4. The zero-order chi connectivity index (χ0) is 28.1. The summed E-state index contributed by atoms with van der Waals surface area (Å²) in [5.74, 6) is 0.226. The molecule has 6 rings (SSSR count). The van der Waals surface area contributed by atoms with Crippen LogP contribution in [0.15, 0.2) is 94.7 Å². The van der Waals surface area contributed by atoms with Crippen molar-refractivity contribution in [2.45, 2.75) is 23.6 Å². The molecular weight excluding hydrogens is 548 g/mol.